The molecule has 0 amide bonds. The molecule has 0 fully saturated rings. The number of rotatable bonds is 4. The van der Waals surface area contributed by atoms with Crippen LogP contribution >= 0.6 is 0 Å². The summed E-state index contributed by atoms with van der Waals surface area (Å²) in [6.45, 7) is 0. The van der Waals surface area contributed by atoms with Crippen LogP contribution in [0, 0.1) is 11.8 Å². The Kier molecular flexibility index (Phi) is 4.97. The third-order valence-corrected chi connectivity index (χ3v) is 6.17. The van der Waals surface area contributed by atoms with Crippen molar-refractivity contribution in [3.63, 3.8) is 0 Å². The fourth-order valence-corrected chi connectivity index (χ4v) is 4.60. The van der Waals surface area contributed by atoms with E-state index in [1.807, 2.05) is 0 Å². The molecule has 0 spiro atoms. The number of fused-ring (bicyclic) bond motifs is 1. The fourth-order valence-electron chi connectivity index (χ4n) is 2.95. The van der Waals surface area contributed by atoms with Crippen molar-refractivity contribution in [2.24, 2.45) is 22.1 Å². The van der Waals surface area contributed by atoms with Crippen LogP contribution in [0.1, 0.15) is 0 Å². The van der Waals surface area contributed by atoms with Crippen LogP contribution < -0.4 is 11.5 Å². The minimum Gasteiger partial charge on any atom is -0.399 e. The van der Waals surface area contributed by atoms with E-state index in [0.717, 1.165) is 12.2 Å². The molecule has 2 atom stereocenters. The van der Waals surface area contributed by atoms with E-state index >= 15 is 0 Å². The lowest BCUT2D eigenvalue weighted by Crippen LogP contribution is -2.27. The molecule has 2 aliphatic rings. The van der Waals surface area contributed by atoms with Crippen molar-refractivity contribution >= 4 is 37.3 Å². The molecule has 0 heterocycles. The highest BCUT2D eigenvalue weighted by atomic mass is 32.2. The van der Waals surface area contributed by atoms with Gasteiger partial charge in [0.05, 0.1) is 21.2 Å². The number of benzene rings is 1. The Morgan fingerprint density at radius 2 is 1.61 bits per heavy atom. The zero-order valence-electron chi connectivity index (χ0n) is 14.2. The molecule has 1 aromatic rings. The third-order valence-electron chi connectivity index (χ3n) is 4.18. The lowest BCUT2D eigenvalue weighted by molar-refractivity contribution is 0.467. The molecule has 0 saturated heterocycles. The van der Waals surface area contributed by atoms with Crippen LogP contribution in [0.25, 0.3) is 0 Å². The second-order valence-electron chi connectivity index (χ2n) is 6.11. The third kappa shape index (κ3) is 4.04. The fraction of sp³-hybridized carbons (Fsp3) is 0.125. The summed E-state index contributed by atoms with van der Waals surface area (Å²) >= 11 is 0. The Morgan fingerprint density at radius 3 is 2.21 bits per heavy atom. The van der Waals surface area contributed by atoms with Gasteiger partial charge < -0.3 is 11.5 Å². The van der Waals surface area contributed by atoms with Crippen molar-refractivity contribution in [3.8, 4) is 0 Å². The van der Waals surface area contributed by atoms with Gasteiger partial charge in [0.15, 0.2) is 0 Å². The maximum atomic E-state index is 11.8. The zero-order valence-corrected chi connectivity index (χ0v) is 15.8. The number of hydrogen-bond acceptors (Lipinski definition) is 8. The van der Waals surface area contributed by atoms with Gasteiger partial charge >= 0.3 is 0 Å². The van der Waals surface area contributed by atoms with Gasteiger partial charge in [-0.2, -0.15) is 21.9 Å². The van der Waals surface area contributed by atoms with Gasteiger partial charge in [0.25, 0.3) is 20.2 Å². The van der Waals surface area contributed by atoms with E-state index in [2.05, 4.69) is 10.2 Å². The lowest BCUT2D eigenvalue weighted by Gasteiger charge is -2.29. The Morgan fingerprint density at radius 1 is 0.929 bits per heavy atom. The van der Waals surface area contributed by atoms with Crippen LogP contribution in [0.4, 0.5) is 17.1 Å². The standard InChI is InChI=1S/C16H16N4O6S2/c17-9-4-5-14(13(18)6-9)20-19-10-7-12-11(16(8-10)28(24,25)26)2-1-3-15(12)27(21,22)23/h1-8,11-12H,17-18H2,(H,21,22,23)(H,24,25,26). The van der Waals surface area contributed by atoms with E-state index < -0.39 is 41.9 Å². The molecule has 0 aliphatic heterocycles. The Balaban J connectivity index is 2.08. The molecule has 0 aromatic heterocycles. The molecule has 0 saturated carbocycles. The van der Waals surface area contributed by atoms with Crippen LogP contribution in [-0.4, -0.2) is 25.9 Å². The van der Waals surface area contributed by atoms with Crippen molar-refractivity contribution in [3.05, 3.63) is 64.1 Å². The topological polar surface area (TPSA) is 186 Å². The first kappa shape index (κ1) is 19.9. The molecular formula is C16H16N4O6S2. The SMILES string of the molecule is Nc1ccc(N=NC2=CC3C(S(=O)(=O)O)=CC=CC3C(S(=O)(=O)O)=C2)c(N)c1. The van der Waals surface area contributed by atoms with Gasteiger partial charge in [-0.1, -0.05) is 12.2 Å². The van der Waals surface area contributed by atoms with Gasteiger partial charge in [-0.3, -0.25) is 9.11 Å². The predicted octanol–water partition coefficient (Wildman–Crippen LogP) is 2.18. The molecule has 2 aliphatic carbocycles. The van der Waals surface area contributed by atoms with Gasteiger partial charge in [-0.25, -0.2) is 0 Å². The monoisotopic (exact) mass is 424 g/mol. The van der Waals surface area contributed by atoms with Crippen LogP contribution in [0.5, 0.6) is 0 Å². The second-order valence-corrected chi connectivity index (χ2v) is 8.96. The first-order chi connectivity index (χ1) is 13.0. The number of azo groups is 1. The first-order valence-electron chi connectivity index (χ1n) is 7.80. The number of nitrogen functional groups attached to an aromatic ring is 2. The molecular weight excluding hydrogens is 408 g/mol. The van der Waals surface area contributed by atoms with Crippen molar-refractivity contribution in [1.82, 2.24) is 0 Å². The van der Waals surface area contributed by atoms with Crippen molar-refractivity contribution < 1.29 is 25.9 Å². The summed E-state index contributed by atoms with van der Waals surface area (Å²) in [5, 5.41) is 7.82. The molecule has 148 valence electrons. The largest absolute Gasteiger partial charge is 0.399 e. The number of allylic oxidation sites excluding steroid dienone is 7. The van der Waals surface area contributed by atoms with E-state index in [4.69, 9.17) is 11.5 Å². The Hall–Kier alpha value is -2.80. The molecule has 6 N–H and O–H groups in total. The zero-order chi connectivity index (χ0) is 20.7. The molecule has 28 heavy (non-hydrogen) atoms. The molecule has 0 bridgehead atoms. The van der Waals surface area contributed by atoms with E-state index in [1.54, 1.807) is 6.07 Å². The van der Waals surface area contributed by atoms with Crippen molar-refractivity contribution in [2.45, 2.75) is 0 Å². The Labute approximate surface area is 161 Å². The molecule has 3 rings (SSSR count). The minimum absolute atomic E-state index is 0.0325. The maximum absolute atomic E-state index is 11.8. The summed E-state index contributed by atoms with van der Waals surface area (Å²) < 4.78 is 65.9. The van der Waals surface area contributed by atoms with E-state index in [9.17, 15) is 25.9 Å². The highest BCUT2D eigenvalue weighted by Crippen LogP contribution is 2.41. The second kappa shape index (κ2) is 6.98. The highest BCUT2D eigenvalue weighted by molar-refractivity contribution is 7.90. The van der Waals surface area contributed by atoms with Gasteiger partial charge in [0.2, 0.25) is 0 Å². The van der Waals surface area contributed by atoms with Crippen LogP contribution in [-0.2, 0) is 20.2 Å². The van der Waals surface area contributed by atoms with Crippen LogP contribution in [0.15, 0.2) is 74.3 Å². The maximum Gasteiger partial charge on any atom is 0.291 e. The molecule has 10 nitrogen and oxygen atoms in total. The van der Waals surface area contributed by atoms with E-state index in [1.165, 1.54) is 30.4 Å². The lowest BCUT2D eigenvalue weighted by atomic mass is 9.84. The smallest absolute Gasteiger partial charge is 0.291 e. The van der Waals surface area contributed by atoms with E-state index in [-0.39, 0.29) is 17.1 Å². The normalized spacial score (nSPS) is 22.4. The molecule has 0 radical (unpaired) electrons. The number of nitrogens with two attached hydrogens (primary N) is 2. The number of nitrogens with zero attached hydrogens (tertiary/aromatic N) is 2. The summed E-state index contributed by atoms with van der Waals surface area (Å²) in [7, 11) is -9.28. The predicted molar refractivity (Wildman–Crippen MR) is 103 cm³/mol. The first-order valence-corrected chi connectivity index (χ1v) is 10.7. The average Bonchev–Trinajstić information content (AvgIpc) is 2.58. The van der Waals surface area contributed by atoms with Gasteiger partial charge in [0.1, 0.15) is 5.69 Å². The summed E-state index contributed by atoms with van der Waals surface area (Å²) in [4.78, 5) is -0.890. The summed E-state index contributed by atoms with van der Waals surface area (Å²) in [5.74, 6) is -2.10. The molecule has 12 heteroatoms. The Bertz CT molecular complexity index is 1190. The summed E-state index contributed by atoms with van der Waals surface area (Å²) in [6.07, 6.45) is 6.25. The average molecular weight is 424 g/mol. The van der Waals surface area contributed by atoms with Gasteiger partial charge in [-0.05, 0) is 36.4 Å². The summed E-state index contributed by atoms with van der Waals surface area (Å²) in [5.41, 5.74) is 12.3. The highest BCUT2D eigenvalue weighted by Gasteiger charge is 2.39. The minimum atomic E-state index is -4.67. The van der Waals surface area contributed by atoms with Crippen molar-refractivity contribution in [2.75, 3.05) is 11.5 Å². The number of hydrogen-bond donors (Lipinski definition) is 4. The summed E-state index contributed by atoms with van der Waals surface area (Å²) in [6, 6.07) is 4.51. The number of anilines is 2. The van der Waals surface area contributed by atoms with Crippen LogP contribution in [0.3, 0.4) is 0 Å². The van der Waals surface area contributed by atoms with E-state index in [0.29, 0.717) is 5.69 Å². The van der Waals surface area contributed by atoms with Gasteiger partial charge in [0, 0.05) is 17.5 Å². The van der Waals surface area contributed by atoms with Crippen molar-refractivity contribution in [1.29, 1.82) is 0 Å². The molecule has 2 unspecified atom stereocenters. The molecule has 1 aromatic carbocycles. The van der Waals surface area contributed by atoms with Crippen LogP contribution in [0.2, 0.25) is 0 Å². The quantitative estimate of drug-likeness (QED) is 0.321. The van der Waals surface area contributed by atoms with Gasteiger partial charge in [-0.15, -0.1) is 5.11 Å².